The van der Waals surface area contributed by atoms with Gasteiger partial charge < -0.3 is 0 Å². The third-order valence-electron chi connectivity index (χ3n) is 7.45. The van der Waals surface area contributed by atoms with Crippen LogP contribution in [0.1, 0.15) is 106 Å². The lowest BCUT2D eigenvalue weighted by Crippen LogP contribution is -2.28. The zero-order valence-electron chi connectivity index (χ0n) is 17.6. The number of hydrogen-bond donors (Lipinski definition) is 0. The van der Waals surface area contributed by atoms with Gasteiger partial charge in [-0.25, -0.2) is 0 Å². The molecule has 0 amide bonds. The molecule has 2 aliphatic rings. The minimum absolute atomic E-state index is 0.142. The minimum Gasteiger partial charge on any atom is -0.287 e. The number of halogens is 2. The van der Waals surface area contributed by atoms with Gasteiger partial charge in [0.1, 0.15) is 0 Å². The van der Waals surface area contributed by atoms with Crippen molar-refractivity contribution in [1.82, 2.24) is 0 Å². The molecule has 0 radical (unpaired) electrons. The summed E-state index contributed by atoms with van der Waals surface area (Å²) < 4.78 is 27.8. The first-order chi connectivity index (χ1) is 13.4. The van der Waals surface area contributed by atoms with Gasteiger partial charge in [-0.2, -0.15) is 8.78 Å². The van der Waals surface area contributed by atoms with E-state index in [4.69, 9.17) is 0 Å². The normalized spacial score (nSPS) is 28.9. The Morgan fingerprint density at radius 2 is 1.43 bits per heavy atom. The van der Waals surface area contributed by atoms with Crippen LogP contribution in [-0.4, -0.2) is 11.7 Å². The molecule has 0 aromatic heterocycles. The minimum atomic E-state index is -3.24. The molecule has 1 nitrogen and oxygen atoms in total. The second kappa shape index (κ2) is 9.50. The number of benzene rings is 1. The molecule has 0 spiro atoms. The highest BCUT2D eigenvalue weighted by atomic mass is 19.3. The molecule has 2 aliphatic carbocycles. The molecule has 1 aromatic rings. The average Bonchev–Trinajstić information content (AvgIpc) is 2.73. The van der Waals surface area contributed by atoms with Crippen LogP contribution in [0.3, 0.4) is 0 Å². The Hall–Kier alpha value is -1.25. The van der Waals surface area contributed by atoms with Crippen molar-refractivity contribution in [2.24, 2.45) is 17.8 Å². The van der Waals surface area contributed by atoms with Crippen LogP contribution >= 0.6 is 0 Å². The zero-order chi connectivity index (χ0) is 20.1. The molecule has 0 unspecified atom stereocenters. The van der Waals surface area contributed by atoms with E-state index in [1.807, 2.05) is 12.1 Å². The number of Topliss-reactive ketones (excluding diaryl/α,β-unsaturated/α-hetero) is 1. The highest BCUT2D eigenvalue weighted by Gasteiger charge is 2.38. The molecule has 0 atom stereocenters. The summed E-state index contributed by atoms with van der Waals surface area (Å²) in [6.07, 6.45) is 11.9. The summed E-state index contributed by atoms with van der Waals surface area (Å²) in [5.74, 6) is -1.01. The number of rotatable bonds is 7. The van der Waals surface area contributed by atoms with Crippen LogP contribution < -0.4 is 0 Å². The summed E-state index contributed by atoms with van der Waals surface area (Å²) >= 11 is 0. The summed E-state index contributed by atoms with van der Waals surface area (Å²) in [6.45, 7) is 4.00. The molecule has 1 aromatic carbocycles. The smallest absolute Gasteiger partial charge is 0.287 e. The first-order valence-electron chi connectivity index (χ1n) is 11.5. The molecule has 0 aliphatic heterocycles. The quantitative estimate of drug-likeness (QED) is 0.434. The highest BCUT2D eigenvalue weighted by molar-refractivity contribution is 6.01. The number of alkyl halides is 2. The summed E-state index contributed by atoms with van der Waals surface area (Å²) in [7, 11) is 0. The van der Waals surface area contributed by atoms with E-state index in [0.29, 0.717) is 12.3 Å². The first kappa shape index (κ1) is 21.5. The molecular formula is C25H36F2O. The molecule has 0 N–H and O–H groups in total. The van der Waals surface area contributed by atoms with Gasteiger partial charge in [0.2, 0.25) is 5.78 Å². The lowest BCUT2D eigenvalue weighted by molar-refractivity contribution is 0.00453. The summed E-state index contributed by atoms with van der Waals surface area (Å²) in [5.41, 5.74) is 1.35. The van der Waals surface area contributed by atoms with Gasteiger partial charge in [-0.1, -0.05) is 57.4 Å². The second-order valence-electron chi connectivity index (χ2n) is 9.21. The largest absolute Gasteiger partial charge is 0.309 e. The van der Waals surface area contributed by atoms with Crippen LogP contribution in [0.15, 0.2) is 24.3 Å². The van der Waals surface area contributed by atoms with Crippen LogP contribution in [0.4, 0.5) is 8.78 Å². The van der Waals surface area contributed by atoms with E-state index in [0.717, 1.165) is 17.8 Å². The van der Waals surface area contributed by atoms with E-state index >= 15 is 0 Å². The third-order valence-corrected chi connectivity index (χ3v) is 7.45. The maximum atomic E-state index is 13.9. The van der Waals surface area contributed by atoms with E-state index in [1.165, 1.54) is 63.4 Å². The monoisotopic (exact) mass is 390 g/mol. The van der Waals surface area contributed by atoms with Gasteiger partial charge in [-0.05, 0) is 74.2 Å². The fourth-order valence-corrected chi connectivity index (χ4v) is 5.54. The molecule has 3 heteroatoms. The molecular weight excluding hydrogens is 354 g/mol. The number of carbonyl (C=O) groups is 1. The van der Waals surface area contributed by atoms with Crippen LogP contribution in [0, 0.1) is 17.8 Å². The van der Waals surface area contributed by atoms with Crippen LogP contribution in [-0.2, 0) is 0 Å². The number of hydrogen-bond acceptors (Lipinski definition) is 1. The number of carbonyl (C=O) groups excluding carboxylic acids is 1. The van der Waals surface area contributed by atoms with Crippen LogP contribution in [0.25, 0.3) is 0 Å². The maximum absolute atomic E-state index is 13.9. The highest BCUT2D eigenvalue weighted by Crippen LogP contribution is 2.44. The Bertz CT molecular complexity index is 620. The molecule has 2 saturated carbocycles. The lowest BCUT2D eigenvalue weighted by Gasteiger charge is -2.38. The van der Waals surface area contributed by atoms with Crippen LogP contribution in [0.2, 0.25) is 0 Å². The van der Waals surface area contributed by atoms with E-state index in [-0.39, 0.29) is 12.0 Å². The topological polar surface area (TPSA) is 17.1 Å². The fraction of sp³-hybridized carbons (Fsp3) is 0.720. The van der Waals surface area contributed by atoms with Crippen molar-refractivity contribution in [3.63, 3.8) is 0 Å². The molecule has 0 heterocycles. The Kier molecular flexibility index (Phi) is 7.28. The lowest BCUT2D eigenvalue weighted by atomic mass is 9.68. The Morgan fingerprint density at radius 1 is 0.893 bits per heavy atom. The zero-order valence-corrected chi connectivity index (χ0v) is 17.6. The van der Waals surface area contributed by atoms with Gasteiger partial charge >= 0.3 is 5.92 Å². The third kappa shape index (κ3) is 5.02. The molecule has 3 rings (SSSR count). The second-order valence-corrected chi connectivity index (χ2v) is 9.21. The standard InChI is InChI=1S/C25H36F2O/c1-3-17-25(26,27)24(28)23-15-13-22(14-16-23)21-11-9-20(10-12-21)19-7-5-18(4-2)6-8-19/h13-16,18-21H,3-12,17H2,1-2H3. The van der Waals surface area contributed by atoms with Gasteiger partial charge in [0.25, 0.3) is 0 Å². The SMILES string of the molecule is CCCC(F)(F)C(=O)c1ccc(C2CCC(C3CCC(CC)CC3)CC2)cc1. The van der Waals surface area contributed by atoms with Gasteiger partial charge in [-0.15, -0.1) is 0 Å². The molecule has 2 fully saturated rings. The van der Waals surface area contributed by atoms with Crippen molar-refractivity contribution >= 4 is 5.78 Å². The predicted molar refractivity (Wildman–Crippen MR) is 111 cm³/mol. The van der Waals surface area contributed by atoms with Gasteiger partial charge in [0, 0.05) is 12.0 Å². The van der Waals surface area contributed by atoms with Crippen molar-refractivity contribution in [1.29, 1.82) is 0 Å². The molecule has 0 saturated heterocycles. The summed E-state index contributed by atoms with van der Waals surface area (Å²) in [4.78, 5) is 12.1. The Morgan fingerprint density at radius 3 is 1.93 bits per heavy atom. The van der Waals surface area contributed by atoms with E-state index in [1.54, 1.807) is 19.1 Å². The van der Waals surface area contributed by atoms with Crippen LogP contribution in [0.5, 0.6) is 0 Å². The van der Waals surface area contributed by atoms with E-state index in [9.17, 15) is 13.6 Å². The average molecular weight is 391 g/mol. The molecule has 156 valence electrons. The van der Waals surface area contributed by atoms with Crippen molar-refractivity contribution in [3.05, 3.63) is 35.4 Å². The Labute approximate surface area is 169 Å². The fourth-order valence-electron chi connectivity index (χ4n) is 5.54. The first-order valence-corrected chi connectivity index (χ1v) is 11.5. The van der Waals surface area contributed by atoms with Crippen molar-refractivity contribution < 1.29 is 13.6 Å². The summed E-state index contributed by atoms with van der Waals surface area (Å²) in [6, 6.07) is 7.04. The van der Waals surface area contributed by atoms with Gasteiger partial charge in [0.15, 0.2) is 0 Å². The number of ketones is 1. The van der Waals surface area contributed by atoms with Gasteiger partial charge in [0.05, 0.1) is 0 Å². The van der Waals surface area contributed by atoms with Gasteiger partial charge in [-0.3, -0.25) is 4.79 Å². The van der Waals surface area contributed by atoms with Crippen molar-refractivity contribution in [2.75, 3.05) is 0 Å². The predicted octanol–water partition coefficient (Wildman–Crippen LogP) is 7.79. The maximum Gasteiger partial charge on any atom is 0.309 e. The molecule has 28 heavy (non-hydrogen) atoms. The van der Waals surface area contributed by atoms with Crippen molar-refractivity contribution in [2.45, 2.75) is 96.3 Å². The summed E-state index contributed by atoms with van der Waals surface area (Å²) in [5, 5.41) is 0. The van der Waals surface area contributed by atoms with Crippen molar-refractivity contribution in [3.8, 4) is 0 Å². The van der Waals surface area contributed by atoms with E-state index < -0.39 is 11.7 Å². The molecule has 0 bridgehead atoms. The van der Waals surface area contributed by atoms with E-state index in [2.05, 4.69) is 6.92 Å². The Balaban J connectivity index is 1.53.